The van der Waals surface area contributed by atoms with Gasteiger partial charge in [0.1, 0.15) is 11.3 Å². The summed E-state index contributed by atoms with van der Waals surface area (Å²) < 4.78 is 5.94. The van der Waals surface area contributed by atoms with Crippen LogP contribution >= 0.6 is 23.5 Å². The van der Waals surface area contributed by atoms with E-state index in [0.717, 1.165) is 33.2 Å². The molecular weight excluding hydrogens is 356 g/mol. The molecule has 2 amide bonds. The van der Waals surface area contributed by atoms with Crippen LogP contribution in [0.15, 0.2) is 56.9 Å². The molecule has 1 fully saturated rings. The Balaban J connectivity index is 1.80. The maximum atomic E-state index is 11.7. The molecule has 1 aliphatic rings. The Hall–Kier alpha value is -2.51. The maximum absolute atomic E-state index is 11.7. The van der Waals surface area contributed by atoms with Crippen molar-refractivity contribution < 1.29 is 14.0 Å². The number of thioether (sulfide) groups is 2. The van der Waals surface area contributed by atoms with E-state index in [1.807, 2.05) is 30.5 Å². The molecule has 124 valence electrons. The van der Waals surface area contributed by atoms with Crippen molar-refractivity contribution in [3.05, 3.63) is 53.4 Å². The maximum Gasteiger partial charge on any atom is 0.290 e. The highest BCUT2D eigenvalue weighted by Crippen LogP contribution is 2.33. The van der Waals surface area contributed by atoms with Crippen molar-refractivity contribution in [3.63, 3.8) is 0 Å². The Morgan fingerprint density at radius 3 is 2.88 bits per heavy atom. The SMILES string of the molecule is CSc1cccc(-c2cncc3cc(C=C4SC(=O)NC4=O)oc23)c1. The molecule has 0 bridgehead atoms. The zero-order valence-corrected chi connectivity index (χ0v) is 14.7. The summed E-state index contributed by atoms with van der Waals surface area (Å²) in [7, 11) is 0. The first kappa shape index (κ1) is 16.0. The number of amides is 2. The lowest BCUT2D eigenvalue weighted by Crippen LogP contribution is -2.17. The van der Waals surface area contributed by atoms with Crippen LogP contribution in [-0.4, -0.2) is 22.4 Å². The third kappa shape index (κ3) is 3.08. The molecule has 0 radical (unpaired) electrons. The second-order valence-corrected chi connectivity index (χ2v) is 7.23. The molecule has 3 heterocycles. The van der Waals surface area contributed by atoms with Crippen molar-refractivity contribution in [2.75, 3.05) is 6.26 Å². The summed E-state index contributed by atoms with van der Waals surface area (Å²) in [6.45, 7) is 0. The van der Waals surface area contributed by atoms with Crippen LogP contribution in [0.2, 0.25) is 0 Å². The van der Waals surface area contributed by atoms with E-state index < -0.39 is 5.91 Å². The fraction of sp³-hybridized carbons (Fsp3) is 0.0556. The first-order valence-electron chi connectivity index (χ1n) is 7.41. The number of imide groups is 1. The molecule has 2 aromatic heterocycles. The van der Waals surface area contributed by atoms with Gasteiger partial charge in [0.05, 0.1) is 4.91 Å². The van der Waals surface area contributed by atoms with Gasteiger partial charge >= 0.3 is 0 Å². The monoisotopic (exact) mass is 368 g/mol. The molecule has 3 aromatic rings. The largest absolute Gasteiger partial charge is 0.456 e. The first-order chi connectivity index (χ1) is 12.1. The van der Waals surface area contributed by atoms with Crippen LogP contribution in [0.25, 0.3) is 28.2 Å². The number of carbonyl (C=O) groups excluding carboxylic acids is 2. The van der Waals surface area contributed by atoms with E-state index in [1.165, 1.54) is 0 Å². The second kappa shape index (κ2) is 6.42. The van der Waals surface area contributed by atoms with Gasteiger partial charge in [0.2, 0.25) is 0 Å². The van der Waals surface area contributed by atoms with Crippen LogP contribution in [0.4, 0.5) is 4.79 Å². The van der Waals surface area contributed by atoms with Gasteiger partial charge in [0.15, 0.2) is 0 Å². The van der Waals surface area contributed by atoms with Crippen LogP contribution < -0.4 is 5.32 Å². The highest BCUT2D eigenvalue weighted by Gasteiger charge is 2.25. The van der Waals surface area contributed by atoms with Crippen molar-refractivity contribution in [3.8, 4) is 11.1 Å². The number of nitrogens with zero attached hydrogens (tertiary/aromatic N) is 1. The molecule has 0 saturated carbocycles. The third-order valence-electron chi connectivity index (χ3n) is 3.74. The number of rotatable bonds is 3. The highest BCUT2D eigenvalue weighted by molar-refractivity contribution is 8.18. The fourth-order valence-corrected chi connectivity index (χ4v) is 3.72. The normalized spacial score (nSPS) is 16.0. The van der Waals surface area contributed by atoms with E-state index in [-0.39, 0.29) is 5.24 Å². The minimum atomic E-state index is -0.401. The Kier molecular flexibility index (Phi) is 4.10. The lowest BCUT2D eigenvalue weighted by Gasteiger charge is -2.04. The molecule has 5 nitrogen and oxygen atoms in total. The average molecular weight is 368 g/mol. The van der Waals surface area contributed by atoms with Crippen LogP contribution in [0.5, 0.6) is 0 Å². The predicted octanol–water partition coefficient (Wildman–Crippen LogP) is 4.54. The topological polar surface area (TPSA) is 72.2 Å². The number of fused-ring (bicyclic) bond motifs is 1. The van der Waals surface area contributed by atoms with Crippen LogP contribution in [0, 0.1) is 0 Å². The van der Waals surface area contributed by atoms with Crippen molar-refractivity contribution in [2.24, 2.45) is 0 Å². The zero-order valence-electron chi connectivity index (χ0n) is 13.1. The van der Waals surface area contributed by atoms with Gasteiger partial charge in [-0.05, 0) is 41.8 Å². The first-order valence-corrected chi connectivity index (χ1v) is 9.45. The molecule has 1 N–H and O–H groups in total. The highest BCUT2D eigenvalue weighted by atomic mass is 32.2. The van der Waals surface area contributed by atoms with Crippen LogP contribution in [-0.2, 0) is 4.79 Å². The van der Waals surface area contributed by atoms with Crippen molar-refractivity contribution in [2.45, 2.75) is 4.90 Å². The number of carbonyl (C=O) groups is 2. The molecule has 4 rings (SSSR count). The summed E-state index contributed by atoms with van der Waals surface area (Å²) in [5, 5.41) is 2.70. The molecule has 1 aromatic carbocycles. The summed E-state index contributed by atoms with van der Waals surface area (Å²) >= 11 is 2.54. The van der Waals surface area contributed by atoms with E-state index in [0.29, 0.717) is 16.2 Å². The lowest BCUT2D eigenvalue weighted by molar-refractivity contribution is -0.115. The predicted molar refractivity (Wildman–Crippen MR) is 100 cm³/mol. The van der Waals surface area contributed by atoms with Gasteiger partial charge < -0.3 is 4.42 Å². The van der Waals surface area contributed by atoms with E-state index in [2.05, 4.69) is 16.4 Å². The van der Waals surface area contributed by atoms with Gasteiger partial charge in [0, 0.05) is 34.3 Å². The molecule has 0 unspecified atom stereocenters. The zero-order chi connectivity index (χ0) is 17.4. The van der Waals surface area contributed by atoms with Crippen molar-refractivity contribution in [1.29, 1.82) is 0 Å². The van der Waals surface area contributed by atoms with Crippen molar-refractivity contribution in [1.82, 2.24) is 10.3 Å². The molecule has 0 atom stereocenters. The fourth-order valence-electron chi connectivity index (χ4n) is 2.60. The summed E-state index contributed by atoms with van der Waals surface area (Å²) in [6.07, 6.45) is 7.09. The summed E-state index contributed by atoms with van der Waals surface area (Å²) in [5.74, 6) is 0.110. The quantitative estimate of drug-likeness (QED) is 0.540. The lowest BCUT2D eigenvalue weighted by atomic mass is 10.1. The van der Waals surface area contributed by atoms with Crippen molar-refractivity contribution >= 4 is 51.7 Å². The van der Waals surface area contributed by atoms with Gasteiger partial charge in [-0.1, -0.05) is 12.1 Å². The van der Waals surface area contributed by atoms with Gasteiger partial charge in [-0.3, -0.25) is 19.9 Å². The van der Waals surface area contributed by atoms with Crippen LogP contribution in [0.3, 0.4) is 0 Å². The number of benzene rings is 1. The molecule has 7 heteroatoms. The number of nitrogens with one attached hydrogen (secondary N) is 1. The summed E-state index contributed by atoms with van der Waals surface area (Å²) in [4.78, 5) is 28.7. The van der Waals surface area contributed by atoms with Gasteiger partial charge in [-0.25, -0.2) is 0 Å². The minimum absolute atomic E-state index is 0.322. The second-order valence-electron chi connectivity index (χ2n) is 5.34. The Labute approximate surface area is 151 Å². The Bertz CT molecular complexity index is 1040. The van der Waals surface area contributed by atoms with Gasteiger partial charge in [-0.2, -0.15) is 0 Å². The molecule has 1 aliphatic heterocycles. The summed E-state index contributed by atoms with van der Waals surface area (Å²) in [6, 6.07) is 9.95. The number of hydrogen-bond acceptors (Lipinski definition) is 6. The Morgan fingerprint density at radius 1 is 1.24 bits per heavy atom. The molecular formula is C18H12N2O3S2. The number of aromatic nitrogens is 1. The van der Waals surface area contributed by atoms with E-state index in [4.69, 9.17) is 4.42 Å². The standard InChI is InChI=1S/C18H12N2O3S2/c1-24-13-4-2-3-10(6-13)14-9-19-8-11-5-12(23-16(11)14)7-15-17(21)20-18(22)25-15/h2-9H,1H3,(H,20,21,22). The average Bonchev–Trinajstić information content (AvgIpc) is 3.17. The van der Waals surface area contributed by atoms with Gasteiger partial charge in [0.25, 0.3) is 11.1 Å². The van der Waals surface area contributed by atoms with Gasteiger partial charge in [-0.15, -0.1) is 11.8 Å². The number of furan rings is 1. The number of hydrogen-bond donors (Lipinski definition) is 1. The minimum Gasteiger partial charge on any atom is -0.456 e. The summed E-state index contributed by atoms with van der Waals surface area (Å²) in [5.41, 5.74) is 2.61. The van der Waals surface area contributed by atoms with E-state index >= 15 is 0 Å². The van der Waals surface area contributed by atoms with Crippen LogP contribution in [0.1, 0.15) is 5.76 Å². The molecule has 0 spiro atoms. The third-order valence-corrected chi connectivity index (χ3v) is 5.27. The van der Waals surface area contributed by atoms with E-state index in [9.17, 15) is 9.59 Å². The molecule has 25 heavy (non-hydrogen) atoms. The molecule has 1 saturated heterocycles. The van der Waals surface area contributed by atoms with E-state index in [1.54, 1.807) is 30.2 Å². The number of pyridine rings is 1. The molecule has 0 aliphatic carbocycles. The Morgan fingerprint density at radius 2 is 2.12 bits per heavy atom. The smallest absolute Gasteiger partial charge is 0.290 e.